The summed E-state index contributed by atoms with van der Waals surface area (Å²) < 4.78 is 18.6. The first kappa shape index (κ1) is 22.6. The van der Waals surface area contributed by atoms with Crippen molar-refractivity contribution >= 4 is 23.1 Å². The van der Waals surface area contributed by atoms with Crippen LogP contribution in [0.4, 0.5) is 0 Å². The summed E-state index contributed by atoms with van der Waals surface area (Å²) in [5.41, 5.74) is 3.22. The molecular formula is C27H23N3O4S. The SMILES string of the molecule is COc1cc(/C=c2/sc3n(c2=O)[C@H](c2ccccc2)C(c2ccccc2)=NN=3)cc(OC)c1OC. The molecule has 7 nitrogen and oxygen atoms in total. The minimum absolute atomic E-state index is 0.139. The van der Waals surface area contributed by atoms with Crippen LogP contribution in [0.3, 0.4) is 0 Å². The number of rotatable bonds is 6. The van der Waals surface area contributed by atoms with Gasteiger partial charge in [0.05, 0.1) is 31.6 Å². The molecule has 176 valence electrons. The zero-order chi connectivity index (χ0) is 24.4. The molecule has 2 heterocycles. The second-order valence-corrected chi connectivity index (χ2v) is 8.80. The standard InChI is InChI=1S/C27H23N3O4S/c1-32-20-14-17(15-21(33-2)25(20)34-3)16-22-26(31)30-24(19-12-8-5-9-13-19)23(28-29-27(30)35-22)18-10-6-4-7-11-18/h4-16,24H,1-3H3/b22-16+/t24-/m1/s1. The van der Waals surface area contributed by atoms with E-state index in [-0.39, 0.29) is 5.56 Å². The predicted molar refractivity (Wildman–Crippen MR) is 137 cm³/mol. The molecule has 0 amide bonds. The Morgan fingerprint density at radius 2 is 1.49 bits per heavy atom. The van der Waals surface area contributed by atoms with Crippen molar-refractivity contribution in [2.45, 2.75) is 6.04 Å². The van der Waals surface area contributed by atoms with Gasteiger partial charge in [-0.05, 0) is 29.3 Å². The molecule has 0 N–H and O–H groups in total. The largest absolute Gasteiger partial charge is 0.493 e. The van der Waals surface area contributed by atoms with Gasteiger partial charge in [0.2, 0.25) is 10.6 Å². The first-order chi connectivity index (χ1) is 17.1. The maximum absolute atomic E-state index is 13.8. The van der Waals surface area contributed by atoms with Gasteiger partial charge in [-0.3, -0.25) is 9.36 Å². The highest BCUT2D eigenvalue weighted by molar-refractivity contribution is 7.07. The average Bonchev–Trinajstić information content (AvgIpc) is 3.23. The Labute approximate surface area is 205 Å². The van der Waals surface area contributed by atoms with Crippen LogP contribution < -0.4 is 29.1 Å². The molecule has 0 saturated carbocycles. The summed E-state index contributed by atoms with van der Waals surface area (Å²) in [4.78, 5) is 14.3. The van der Waals surface area contributed by atoms with Crippen molar-refractivity contribution in [3.63, 3.8) is 0 Å². The monoisotopic (exact) mass is 485 g/mol. The third-order valence-corrected chi connectivity index (χ3v) is 6.74. The van der Waals surface area contributed by atoms with Crippen molar-refractivity contribution in [2.24, 2.45) is 10.2 Å². The Balaban J connectivity index is 1.70. The molecule has 0 fully saturated rings. The number of nitrogens with zero attached hydrogens (tertiary/aromatic N) is 3. The number of ether oxygens (including phenoxy) is 3. The van der Waals surface area contributed by atoms with E-state index in [1.807, 2.05) is 78.9 Å². The number of hydrogen-bond donors (Lipinski definition) is 0. The highest BCUT2D eigenvalue weighted by Crippen LogP contribution is 2.38. The van der Waals surface area contributed by atoms with Crippen molar-refractivity contribution in [2.75, 3.05) is 21.3 Å². The number of hydrogen-bond acceptors (Lipinski definition) is 7. The molecule has 1 aliphatic heterocycles. The van der Waals surface area contributed by atoms with Crippen molar-refractivity contribution in [1.82, 2.24) is 4.57 Å². The molecule has 8 heteroatoms. The summed E-state index contributed by atoms with van der Waals surface area (Å²) in [6, 6.07) is 22.9. The zero-order valence-corrected chi connectivity index (χ0v) is 20.3. The van der Waals surface area contributed by atoms with E-state index in [0.717, 1.165) is 22.4 Å². The highest BCUT2D eigenvalue weighted by atomic mass is 32.1. The van der Waals surface area contributed by atoms with E-state index < -0.39 is 6.04 Å². The van der Waals surface area contributed by atoms with Crippen molar-refractivity contribution in [3.05, 3.63) is 109 Å². The second-order valence-electron chi connectivity index (χ2n) is 7.79. The van der Waals surface area contributed by atoms with E-state index in [1.165, 1.54) is 11.3 Å². The number of thiazole rings is 1. The molecular weight excluding hydrogens is 462 g/mol. The van der Waals surface area contributed by atoms with Gasteiger partial charge in [0.1, 0.15) is 6.04 Å². The third kappa shape index (κ3) is 4.13. The normalized spacial score (nSPS) is 15.1. The Hall–Kier alpha value is -4.17. The van der Waals surface area contributed by atoms with Crippen LogP contribution in [-0.2, 0) is 0 Å². The summed E-state index contributed by atoms with van der Waals surface area (Å²) in [6.45, 7) is 0. The first-order valence-electron chi connectivity index (χ1n) is 10.9. The Kier molecular flexibility index (Phi) is 6.20. The molecule has 3 aromatic carbocycles. The molecule has 4 aromatic rings. The Morgan fingerprint density at radius 3 is 2.09 bits per heavy atom. The fourth-order valence-corrected chi connectivity index (χ4v) is 5.11. The van der Waals surface area contributed by atoms with Crippen LogP contribution in [0.15, 0.2) is 87.8 Å². The molecule has 0 radical (unpaired) electrons. The van der Waals surface area contributed by atoms with E-state index in [4.69, 9.17) is 14.2 Å². The molecule has 0 spiro atoms. The van der Waals surface area contributed by atoms with Crippen molar-refractivity contribution in [3.8, 4) is 17.2 Å². The van der Waals surface area contributed by atoms with Gasteiger partial charge in [0.25, 0.3) is 5.56 Å². The summed E-state index contributed by atoms with van der Waals surface area (Å²) >= 11 is 1.30. The maximum atomic E-state index is 13.8. The average molecular weight is 486 g/mol. The van der Waals surface area contributed by atoms with E-state index in [1.54, 1.807) is 25.9 Å². The van der Waals surface area contributed by atoms with Gasteiger partial charge < -0.3 is 14.2 Å². The van der Waals surface area contributed by atoms with Crippen LogP contribution in [0.1, 0.15) is 22.7 Å². The molecule has 0 unspecified atom stereocenters. The van der Waals surface area contributed by atoms with E-state index in [9.17, 15) is 4.79 Å². The first-order valence-corrected chi connectivity index (χ1v) is 11.7. The highest BCUT2D eigenvalue weighted by Gasteiger charge is 2.28. The fraction of sp³-hybridized carbons (Fsp3) is 0.148. The lowest BCUT2D eigenvalue weighted by Gasteiger charge is -2.22. The Morgan fingerprint density at radius 1 is 0.857 bits per heavy atom. The molecule has 0 saturated heterocycles. The molecule has 0 aliphatic carbocycles. The fourth-order valence-electron chi connectivity index (χ4n) is 4.16. The number of aromatic nitrogens is 1. The van der Waals surface area contributed by atoms with Crippen LogP contribution in [0.5, 0.6) is 17.2 Å². The van der Waals surface area contributed by atoms with Gasteiger partial charge >= 0.3 is 0 Å². The molecule has 0 bridgehead atoms. The van der Waals surface area contributed by atoms with Crippen molar-refractivity contribution < 1.29 is 14.2 Å². The van der Waals surface area contributed by atoms with Crippen LogP contribution in [-0.4, -0.2) is 31.6 Å². The summed E-state index contributed by atoms with van der Waals surface area (Å²) in [5.74, 6) is 1.52. The van der Waals surface area contributed by atoms with Crippen molar-refractivity contribution in [1.29, 1.82) is 0 Å². The molecule has 35 heavy (non-hydrogen) atoms. The minimum Gasteiger partial charge on any atom is -0.493 e. The van der Waals surface area contributed by atoms with Gasteiger partial charge in [-0.15, -0.1) is 10.2 Å². The van der Waals surface area contributed by atoms with Gasteiger partial charge in [0.15, 0.2) is 11.5 Å². The summed E-state index contributed by atoms with van der Waals surface area (Å²) in [7, 11) is 4.68. The molecule has 1 atom stereocenters. The van der Waals surface area contributed by atoms with Gasteiger partial charge in [0, 0.05) is 5.56 Å². The van der Waals surface area contributed by atoms with Crippen LogP contribution in [0.2, 0.25) is 0 Å². The summed E-state index contributed by atoms with van der Waals surface area (Å²) in [6.07, 6.45) is 1.81. The lowest BCUT2D eigenvalue weighted by Crippen LogP contribution is -2.40. The number of benzene rings is 3. The number of methoxy groups -OCH3 is 3. The van der Waals surface area contributed by atoms with Gasteiger partial charge in [-0.25, -0.2) is 0 Å². The van der Waals surface area contributed by atoms with Gasteiger partial charge in [-0.2, -0.15) is 0 Å². The van der Waals surface area contributed by atoms with Gasteiger partial charge in [-0.1, -0.05) is 72.0 Å². The molecule has 5 rings (SSSR count). The van der Waals surface area contributed by atoms with Crippen LogP contribution in [0.25, 0.3) is 6.08 Å². The quantitative estimate of drug-likeness (QED) is 0.420. The predicted octanol–water partition coefficient (Wildman–Crippen LogP) is 3.39. The van der Waals surface area contributed by atoms with Crippen LogP contribution >= 0.6 is 11.3 Å². The third-order valence-electron chi connectivity index (χ3n) is 5.77. The summed E-state index contributed by atoms with van der Waals surface area (Å²) in [5, 5.41) is 8.98. The smallest absolute Gasteiger partial charge is 0.271 e. The van der Waals surface area contributed by atoms with E-state index >= 15 is 0 Å². The molecule has 1 aliphatic rings. The van der Waals surface area contributed by atoms with Crippen LogP contribution in [0, 0.1) is 0 Å². The number of fused-ring (bicyclic) bond motifs is 1. The maximum Gasteiger partial charge on any atom is 0.271 e. The zero-order valence-electron chi connectivity index (χ0n) is 19.5. The topological polar surface area (TPSA) is 74.4 Å². The van der Waals surface area contributed by atoms with E-state index in [2.05, 4.69) is 10.2 Å². The second kappa shape index (κ2) is 9.60. The lowest BCUT2D eigenvalue weighted by molar-refractivity contribution is 0.324. The molecule has 1 aromatic heterocycles. The van der Waals surface area contributed by atoms with E-state index in [0.29, 0.717) is 26.6 Å². The minimum atomic E-state index is -0.392. The lowest BCUT2D eigenvalue weighted by atomic mass is 9.96. The Bertz CT molecular complexity index is 1550.